The van der Waals surface area contributed by atoms with Crippen molar-refractivity contribution in [2.45, 2.75) is 30.8 Å². The van der Waals surface area contributed by atoms with Gasteiger partial charge in [-0.3, -0.25) is 14.8 Å². The van der Waals surface area contributed by atoms with Gasteiger partial charge >= 0.3 is 0 Å². The molecule has 2 fully saturated rings. The van der Waals surface area contributed by atoms with Crippen LogP contribution >= 0.6 is 11.8 Å². The van der Waals surface area contributed by atoms with Gasteiger partial charge in [-0.1, -0.05) is 6.07 Å². The third kappa shape index (κ3) is 3.55. The molecule has 130 valence electrons. The Morgan fingerprint density at radius 1 is 1.36 bits per heavy atom. The van der Waals surface area contributed by atoms with Crippen molar-refractivity contribution in [2.24, 2.45) is 0 Å². The van der Waals surface area contributed by atoms with Gasteiger partial charge in [0.2, 0.25) is 0 Å². The van der Waals surface area contributed by atoms with Crippen molar-refractivity contribution in [3.8, 4) is 0 Å². The molecule has 4 heterocycles. The predicted octanol–water partition coefficient (Wildman–Crippen LogP) is 2.70. The molecule has 0 unspecified atom stereocenters. The lowest BCUT2D eigenvalue weighted by atomic mass is 9.92. The van der Waals surface area contributed by atoms with E-state index in [1.54, 1.807) is 18.6 Å². The number of carbonyl (C=O) groups is 1. The molecule has 2 aliphatic heterocycles. The Hall–Kier alpha value is -1.92. The minimum atomic E-state index is 0.0853. The highest BCUT2D eigenvalue weighted by Gasteiger charge is 2.51. The van der Waals surface area contributed by atoms with E-state index in [2.05, 4.69) is 9.97 Å². The van der Waals surface area contributed by atoms with Gasteiger partial charge in [0.25, 0.3) is 5.91 Å². The van der Waals surface area contributed by atoms with Crippen LogP contribution in [0.3, 0.4) is 0 Å². The van der Waals surface area contributed by atoms with Gasteiger partial charge in [-0.25, -0.2) is 0 Å². The number of rotatable bonds is 4. The Labute approximate surface area is 151 Å². The first kappa shape index (κ1) is 16.5. The molecule has 2 aliphatic rings. The number of nitrogens with zero attached hydrogens (tertiary/aromatic N) is 3. The molecule has 0 radical (unpaired) electrons. The Morgan fingerprint density at radius 2 is 2.24 bits per heavy atom. The van der Waals surface area contributed by atoms with E-state index in [9.17, 15) is 4.79 Å². The zero-order valence-corrected chi connectivity index (χ0v) is 15.0. The Balaban J connectivity index is 1.29. The first-order valence-corrected chi connectivity index (χ1v) is 9.48. The molecule has 5 nitrogen and oxygen atoms in total. The maximum absolute atomic E-state index is 12.5. The highest BCUT2D eigenvalue weighted by molar-refractivity contribution is 8.01. The second-order valence-electron chi connectivity index (χ2n) is 6.90. The van der Waals surface area contributed by atoms with Crippen LogP contribution < -0.4 is 0 Å². The Bertz CT molecular complexity index is 762. The van der Waals surface area contributed by atoms with E-state index in [1.807, 2.05) is 48.0 Å². The molecule has 0 aromatic carbocycles. The van der Waals surface area contributed by atoms with E-state index in [1.165, 1.54) is 0 Å². The van der Waals surface area contributed by atoms with Crippen LogP contribution in [0.4, 0.5) is 0 Å². The fourth-order valence-corrected chi connectivity index (χ4v) is 5.03. The number of hydrogen-bond acceptors (Lipinski definition) is 5. The average molecular weight is 355 g/mol. The Morgan fingerprint density at radius 3 is 3.00 bits per heavy atom. The molecule has 0 saturated carbocycles. The molecule has 6 heteroatoms. The zero-order chi connectivity index (χ0) is 17.3. The maximum Gasteiger partial charge on any atom is 0.255 e. The van der Waals surface area contributed by atoms with Crippen molar-refractivity contribution in [2.75, 3.05) is 18.8 Å². The van der Waals surface area contributed by atoms with Crippen LogP contribution in [0.25, 0.3) is 0 Å². The van der Waals surface area contributed by atoms with E-state index < -0.39 is 0 Å². The number of hydrogen-bond donors (Lipinski definition) is 0. The fourth-order valence-electron chi connectivity index (χ4n) is 3.47. The van der Waals surface area contributed by atoms with E-state index in [0.717, 1.165) is 36.4 Å². The summed E-state index contributed by atoms with van der Waals surface area (Å²) in [5.74, 6) is 1.08. The second kappa shape index (κ2) is 6.77. The standard InChI is InChI=1S/C19H21N3O2S/c1-14-5-16(9-21-7-14)18(23)22-12-19(13-22)6-17(11-25-19)24-10-15-3-2-4-20-8-15/h2-5,7-9,17H,6,10-13H2,1H3/t17-/m1/s1. The second-order valence-corrected chi connectivity index (χ2v) is 8.39. The molecule has 0 N–H and O–H groups in total. The zero-order valence-electron chi connectivity index (χ0n) is 14.2. The van der Waals surface area contributed by atoms with Crippen LogP contribution in [0.15, 0.2) is 43.0 Å². The van der Waals surface area contributed by atoms with Crippen LogP contribution in [-0.2, 0) is 11.3 Å². The van der Waals surface area contributed by atoms with E-state index >= 15 is 0 Å². The summed E-state index contributed by atoms with van der Waals surface area (Å²) in [6.07, 6.45) is 8.30. The smallest absolute Gasteiger partial charge is 0.255 e. The SMILES string of the molecule is Cc1cncc(C(=O)N2CC3(C[C@@H](OCc4cccnc4)CS3)C2)c1. The topological polar surface area (TPSA) is 55.3 Å². The van der Waals surface area contributed by atoms with Gasteiger partial charge in [0, 0.05) is 43.6 Å². The number of aromatic nitrogens is 2. The molecule has 0 aliphatic carbocycles. The summed E-state index contributed by atoms with van der Waals surface area (Å²) in [7, 11) is 0. The summed E-state index contributed by atoms with van der Waals surface area (Å²) < 4.78 is 6.22. The first-order valence-electron chi connectivity index (χ1n) is 8.49. The highest BCUT2D eigenvalue weighted by atomic mass is 32.2. The van der Waals surface area contributed by atoms with Crippen molar-refractivity contribution in [1.29, 1.82) is 0 Å². The molecule has 25 heavy (non-hydrogen) atoms. The normalized spacial score (nSPS) is 21.3. The van der Waals surface area contributed by atoms with Gasteiger partial charge in [-0.2, -0.15) is 0 Å². The molecule has 1 spiro atoms. The summed E-state index contributed by atoms with van der Waals surface area (Å²) in [5.41, 5.74) is 2.80. The van der Waals surface area contributed by atoms with Crippen LogP contribution in [0.2, 0.25) is 0 Å². The number of likely N-dealkylation sites (tertiary alicyclic amines) is 1. The maximum atomic E-state index is 12.5. The molecule has 4 rings (SSSR count). The van der Waals surface area contributed by atoms with Crippen LogP contribution in [0.1, 0.15) is 27.9 Å². The molecule has 2 saturated heterocycles. The predicted molar refractivity (Wildman–Crippen MR) is 97.5 cm³/mol. The van der Waals surface area contributed by atoms with E-state index in [-0.39, 0.29) is 16.8 Å². The van der Waals surface area contributed by atoms with Crippen LogP contribution in [0.5, 0.6) is 0 Å². The molecule has 1 atom stereocenters. The molecule has 2 aromatic rings. The van der Waals surface area contributed by atoms with Crippen LogP contribution in [0, 0.1) is 6.92 Å². The van der Waals surface area contributed by atoms with Crippen molar-refractivity contribution in [1.82, 2.24) is 14.9 Å². The molecular weight excluding hydrogens is 334 g/mol. The third-order valence-corrected chi connectivity index (χ3v) is 6.33. The molecule has 1 amide bonds. The number of amides is 1. The molecule has 2 aromatic heterocycles. The third-order valence-electron chi connectivity index (χ3n) is 4.75. The number of pyridine rings is 2. The number of carbonyl (C=O) groups excluding carboxylic acids is 1. The van der Waals surface area contributed by atoms with Gasteiger partial charge in [-0.15, -0.1) is 11.8 Å². The number of thioether (sulfide) groups is 1. The minimum absolute atomic E-state index is 0.0853. The van der Waals surface area contributed by atoms with Crippen molar-refractivity contribution >= 4 is 17.7 Å². The summed E-state index contributed by atoms with van der Waals surface area (Å²) in [4.78, 5) is 22.7. The van der Waals surface area contributed by atoms with Crippen LogP contribution in [-0.4, -0.2) is 50.5 Å². The van der Waals surface area contributed by atoms with Crippen molar-refractivity contribution in [3.05, 3.63) is 59.7 Å². The summed E-state index contributed by atoms with van der Waals surface area (Å²) in [6.45, 7) is 4.17. The van der Waals surface area contributed by atoms with Gasteiger partial charge in [-0.05, 0) is 36.6 Å². The largest absolute Gasteiger partial charge is 0.373 e. The summed E-state index contributed by atoms with van der Waals surface area (Å²) >= 11 is 1.94. The van der Waals surface area contributed by atoms with Crippen molar-refractivity contribution < 1.29 is 9.53 Å². The first-order chi connectivity index (χ1) is 12.1. The quantitative estimate of drug-likeness (QED) is 0.844. The van der Waals surface area contributed by atoms with Gasteiger partial charge < -0.3 is 9.64 Å². The van der Waals surface area contributed by atoms with Gasteiger partial charge in [0.05, 0.1) is 23.0 Å². The lowest BCUT2D eigenvalue weighted by molar-refractivity contribution is 0.0254. The average Bonchev–Trinajstić information content (AvgIpc) is 3.04. The monoisotopic (exact) mass is 355 g/mol. The lowest BCUT2D eigenvalue weighted by Gasteiger charge is -2.47. The minimum Gasteiger partial charge on any atom is -0.373 e. The van der Waals surface area contributed by atoms with Crippen molar-refractivity contribution in [3.63, 3.8) is 0 Å². The Kier molecular flexibility index (Phi) is 4.48. The highest BCUT2D eigenvalue weighted by Crippen LogP contribution is 2.46. The van der Waals surface area contributed by atoms with Gasteiger partial charge in [0.1, 0.15) is 0 Å². The number of aryl methyl sites for hydroxylation is 1. The summed E-state index contributed by atoms with van der Waals surface area (Å²) in [6, 6.07) is 5.87. The van der Waals surface area contributed by atoms with E-state index in [0.29, 0.717) is 12.2 Å². The summed E-state index contributed by atoms with van der Waals surface area (Å²) in [5, 5.41) is 0. The van der Waals surface area contributed by atoms with E-state index in [4.69, 9.17) is 4.74 Å². The van der Waals surface area contributed by atoms with Gasteiger partial charge in [0.15, 0.2) is 0 Å². The molecule has 0 bridgehead atoms. The fraction of sp³-hybridized carbons (Fsp3) is 0.421. The number of ether oxygens (including phenoxy) is 1. The lowest BCUT2D eigenvalue weighted by Crippen LogP contribution is -2.60. The molecular formula is C19H21N3O2S.